The third-order valence-corrected chi connectivity index (χ3v) is 3.78. The van der Waals surface area contributed by atoms with Gasteiger partial charge in [-0.15, -0.1) is 0 Å². The highest BCUT2D eigenvalue weighted by Gasteiger charge is 2.61. The zero-order chi connectivity index (χ0) is 12.0. The van der Waals surface area contributed by atoms with E-state index in [0.29, 0.717) is 12.8 Å². The molecule has 0 aromatic carbocycles. The molecule has 3 nitrogen and oxygen atoms in total. The van der Waals surface area contributed by atoms with Crippen molar-refractivity contribution in [3.8, 4) is 0 Å². The highest BCUT2D eigenvalue weighted by Crippen LogP contribution is 2.47. The molecule has 1 spiro atoms. The van der Waals surface area contributed by atoms with Crippen LogP contribution in [0.25, 0.3) is 0 Å². The number of alkyl halides is 3. The van der Waals surface area contributed by atoms with Crippen LogP contribution in [-0.4, -0.2) is 34.0 Å². The molecule has 16 heavy (non-hydrogen) atoms. The molecule has 0 amide bonds. The largest absolute Gasteiger partial charge is 0.438 e. The van der Waals surface area contributed by atoms with Crippen LogP contribution in [0, 0.1) is 0 Å². The molecule has 1 fully saturated rings. The van der Waals surface area contributed by atoms with Gasteiger partial charge in [0, 0.05) is 12.0 Å². The summed E-state index contributed by atoms with van der Waals surface area (Å²) in [4.78, 5) is 3.38. The predicted molar refractivity (Wildman–Crippen MR) is 56.3 cm³/mol. The van der Waals surface area contributed by atoms with Crippen LogP contribution >= 0.6 is 11.8 Å². The van der Waals surface area contributed by atoms with Crippen molar-refractivity contribution in [1.29, 1.82) is 0 Å². The summed E-state index contributed by atoms with van der Waals surface area (Å²) in [6, 6.07) is 0. The van der Waals surface area contributed by atoms with Crippen LogP contribution in [0.2, 0.25) is 0 Å². The molecule has 0 aromatic heterocycles. The number of aliphatic hydroxyl groups is 1. The summed E-state index contributed by atoms with van der Waals surface area (Å²) in [5.41, 5.74) is -3.53. The van der Waals surface area contributed by atoms with Gasteiger partial charge in [0.1, 0.15) is 0 Å². The number of hydrogen-bond donors (Lipinski definition) is 2. The van der Waals surface area contributed by atoms with Gasteiger partial charge in [-0.1, -0.05) is 11.8 Å². The Kier molecular flexibility index (Phi) is 2.66. The average molecular weight is 254 g/mol. The average Bonchev–Trinajstić information content (AvgIpc) is 2.13. The summed E-state index contributed by atoms with van der Waals surface area (Å²) in [6.07, 6.45) is -1.24. The Balaban J connectivity index is 2.32. The van der Waals surface area contributed by atoms with Crippen molar-refractivity contribution in [1.82, 2.24) is 5.32 Å². The Hall–Kier alpha value is -0.430. The van der Waals surface area contributed by atoms with E-state index in [2.05, 4.69) is 10.3 Å². The first-order valence-corrected chi connectivity index (χ1v) is 6.24. The molecule has 0 radical (unpaired) electrons. The van der Waals surface area contributed by atoms with Crippen molar-refractivity contribution in [2.45, 2.75) is 43.1 Å². The number of thioether (sulfide) groups is 1. The molecule has 92 valence electrons. The fourth-order valence-corrected chi connectivity index (χ4v) is 2.70. The molecule has 2 N–H and O–H groups in total. The van der Waals surface area contributed by atoms with Crippen molar-refractivity contribution < 1.29 is 18.3 Å². The smallest absolute Gasteiger partial charge is 0.362 e. The highest BCUT2D eigenvalue weighted by atomic mass is 32.2. The Bertz CT molecular complexity index is 327. The summed E-state index contributed by atoms with van der Waals surface area (Å²) < 4.78 is 38.2. The molecule has 1 atom stereocenters. The molecule has 1 heterocycles. The van der Waals surface area contributed by atoms with Gasteiger partial charge in [0.05, 0.1) is 0 Å². The lowest BCUT2D eigenvalue weighted by molar-refractivity contribution is -0.268. The minimum absolute atomic E-state index is 0.172. The van der Waals surface area contributed by atoms with Crippen LogP contribution in [0.1, 0.15) is 25.7 Å². The SMILES string of the molecule is CSC1=N[C@@](O)(C(F)(F)F)CC2(CCC2)N1. The van der Waals surface area contributed by atoms with Crippen molar-refractivity contribution in [2.24, 2.45) is 4.99 Å². The van der Waals surface area contributed by atoms with Gasteiger partial charge in [-0.3, -0.25) is 0 Å². The first kappa shape index (κ1) is 12.0. The van der Waals surface area contributed by atoms with E-state index < -0.39 is 17.4 Å². The maximum Gasteiger partial charge on any atom is 0.438 e. The first-order valence-electron chi connectivity index (χ1n) is 5.01. The molecular formula is C9H13F3N2OS. The van der Waals surface area contributed by atoms with Crippen LogP contribution in [-0.2, 0) is 0 Å². The van der Waals surface area contributed by atoms with Crippen molar-refractivity contribution in [2.75, 3.05) is 6.26 Å². The zero-order valence-electron chi connectivity index (χ0n) is 8.76. The van der Waals surface area contributed by atoms with Gasteiger partial charge >= 0.3 is 6.18 Å². The van der Waals surface area contributed by atoms with E-state index in [1.807, 2.05) is 0 Å². The second-order valence-corrected chi connectivity index (χ2v) is 5.17. The molecule has 1 saturated carbocycles. The van der Waals surface area contributed by atoms with E-state index >= 15 is 0 Å². The monoisotopic (exact) mass is 254 g/mol. The molecule has 2 aliphatic rings. The maximum absolute atomic E-state index is 12.7. The topological polar surface area (TPSA) is 44.6 Å². The number of hydrogen-bond acceptors (Lipinski definition) is 4. The summed E-state index contributed by atoms with van der Waals surface area (Å²) in [6.45, 7) is 0. The fourth-order valence-electron chi connectivity index (χ4n) is 2.14. The number of nitrogens with zero attached hydrogens (tertiary/aromatic N) is 1. The second-order valence-electron chi connectivity index (χ2n) is 4.37. The van der Waals surface area contributed by atoms with Crippen LogP contribution in [0.5, 0.6) is 0 Å². The summed E-state index contributed by atoms with van der Waals surface area (Å²) >= 11 is 1.09. The molecule has 1 aliphatic carbocycles. The van der Waals surface area contributed by atoms with Gasteiger partial charge in [0.2, 0.25) is 0 Å². The van der Waals surface area contributed by atoms with Crippen LogP contribution in [0.3, 0.4) is 0 Å². The Morgan fingerprint density at radius 3 is 2.44 bits per heavy atom. The Morgan fingerprint density at radius 2 is 2.06 bits per heavy atom. The Labute approximate surface area is 95.5 Å². The minimum atomic E-state index is -4.71. The van der Waals surface area contributed by atoms with E-state index in [1.54, 1.807) is 6.26 Å². The lowest BCUT2D eigenvalue weighted by atomic mass is 9.71. The molecule has 0 unspecified atom stereocenters. The van der Waals surface area contributed by atoms with E-state index in [1.165, 1.54) is 0 Å². The number of amidine groups is 1. The molecule has 0 saturated heterocycles. The van der Waals surface area contributed by atoms with Gasteiger partial charge in [0.15, 0.2) is 5.17 Å². The highest BCUT2D eigenvalue weighted by molar-refractivity contribution is 8.13. The lowest BCUT2D eigenvalue weighted by Crippen LogP contribution is -2.64. The van der Waals surface area contributed by atoms with E-state index in [-0.39, 0.29) is 11.6 Å². The van der Waals surface area contributed by atoms with Crippen molar-refractivity contribution >= 4 is 16.9 Å². The van der Waals surface area contributed by atoms with Gasteiger partial charge in [0.25, 0.3) is 5.72 Å². The van der Waals surface area contributed by atoms with Gasteiger partial charge in [-0.05, 0) is 25.5 Å². The first-order chi connectivity index (χ1) is 7.30. The standard InChI is InChI=1S/C9H13F3N2OS/c1-16-6-13-7(3-2-4-7)5-8(15,14-6)9(10,11)12/h15H,2-5H2,1H3,(H,13,14)/t8-/m0/s1. The number of nitrogens with one attached hydrogen (secondary N) is 1. The third kappa shape index (κ3) is 1.79. The molecule has 2 rings (SSSR count). The van der Waals surface area contributed by atoms with E-state index in [0.717, 1.165) is 18.2 Å². The molecule has 1 aliphatic heterocycles. The van der Waals surface area contributed by atoms with Crippen LogP contribution < -0.4 is 5.32 Å². The van der Waals surface area contributed by atoms with Gasteiger partial charge in [-0.2, -0.15) is 13.2 Å². The normalized spacial score (nSPS) is 32.9. The van der Waals surface area contributed by atoms with E-state index in [9.17, 15) is 18.3 Å². The summed E-state index contributed by atoms with van der Waals surface area (Å²) in [5.74, 6) is 0. The number of aliphatic imine (C=N–C) groups is 1. The number of halogens is 3. The second kappa shape index (κ2) is 3.53. The minimum Gasteiger partial charge on any atom is -0.362 e. The van der Waals surface area contributed by atoms with Crippen LogP contribution in [0.15, 0.2) is 4.99 Å². The molecule has 7 heteroatoms. The molecule has 0 aromatic rings. The zero-order valence-corrected chi connectivity index (χ0v) is 9.58. The van der Waals surface area contributed by atoms with Crippen molar-refractivity contribution in [3.05, 3.63) is 0 Å². The van der Waals surface area contributed by atoms with Crippen LogP contribution in [0.4, 0.5) is 13.2 Å². The summed E-state index contributed by atoms with van der Waals surface area (Å²) in [7, 11) is 0. The third-order valence-electron chi connectivity index (χ3n) is 3.20. The lowest BCUT2D eigenvalue weighted by Gasteiger charge is -2.49. The predicted octanol–water partition coefficient (Wildman–Crippen LogP) is 1.87. The van der Waals surface area contributed by atoms with Gasteiger partial charge in [-0.25, -0.2) is 4.99 Å². The van der Waals surface area contributed by atoms with Gasteiger partial charge < -0.3 is 10.4 Å². The summed E-state index contributed by atoms with van der Waals surface area (Å²) in [5, 5.41) is 12.8. The Morgan fingerprint density at radius 1 is 1.44 bits per heavy atom. The molecular weight excluding hydrogens is 241 g/mol. The quantitative estimate of drug-likeness (QED) is 0.693. The van der Waals surface area contributed by atoms with Crippen molar-refractivity contribution in [3.63, 3.8) is 0 Å². The van der Waals surface area contributed by atoms with E-state index in [4.69, 9.17) is 0 Å². The fraction of sp³-hybridized carbons (Fsp3) is 0.889. The maximum atomic E-state index is 12.7. The molecule has 0 bridgehead atoms. The number of rotatable bonds is 0.